The second-order valence-corrected chi connectivity index (χ2v) is 7.24. The van der Waals surface area contributed by atoms with Crippen LogP contribution in [0.3, 0.4) is 0 Å². The van der Waals surface area contributed by atoms with Crippen molar-refractivity contribution in [2.75, 3.05) is 6.54 Å². The van der Waals surface area contributed by atoms with Gasteiger partial charge in [-0.1, -0.05) is 23.7 Å². The highest BCUT2D eigenvalue weighted by atomic mass is 35.5. The molecule has 0 amide bonds. The molecule has 0 radical (unpaired) electrons. The summed E-state index contributed by atoms with van der Waals surface area (Å²) in [5.74, 6) is -0.559. The van der Waals surface area contributed by atoms with Gasteiger partial charge in [0.15, 0.2) is 0 Å². The van der Waals surface area contributed by atoms with Gasteiger partial charge in [0.05, 0.1) is 16.5 Å². The Labute approximate surface area is 151 Å². The molecule has 0 saturated heterocycles. The number of carbonyl (C=O) groups excluding carboxylic acids is 1. The van der Waals surface area contributed by atoms with Gasteiger partial charge in [0.1, 0.15) is 6.61 Å². The highest BCUT2D eigenvalue weighted by molar-refractivity contribution is 7.89. The van der Waals surface area contributed by atoms with E-state index in [2.05, 4.69) is 4.72 Å². The van der Waals surface area contributed by atoms with Gasteiger partial charge in [-0.3, -0.25) is 0 Å². The van der Waals surface area contributed by atoms with Crippen LogP contribution in [0.4, 0.5) is 0 Å². The molecule has 8 heteroatoms. The first-order valence-corrected chi connectivity index (χ1v) is 9.17. The van der Waals surface area contributed by atoms with Crippen LogP contribution in [0.1, 0.15) is 22.3 Å². The topological polar surface area (TPSA) is 96.3 Å². The van der Waals surface area contributed by atoms with Gasteiger partial charge in [0.2, 0.25) is 10.0 Å². The molecule has 0 fully saturated rings. The number of benzene rings is 2. The molecule has 0 aliphatic carbocycles. The average Bonchev–Trinajstić information content (AvgIpc) is 2.61. The third kappa shape index (κ3) is 5.57. The van der Waals surface area contributed by atoms with Crippen molar-refractivity contribution in [2.24, 2.45) is 0 Å². The predicted molar refractivity (Wildman–Crippen MR) is 92.4 cm³/mol. The molecule has 0 aromatic heterocycles. The molecule has 2 aromatic rings. The molecule has 0 saturated carbocycles. The quantitative estimate of drug-likeness (QED) is 0.590. The number of nitriles is 1. The van der Waals surface area contributed by atoms with E-state index in [0.29, 0.717) is 5.02 Å². The minimum Gasteiger partial charge on any atom is -0.457 e. The Morgan fingerprint density at radius 2 is 1.76 bits per heavy atom. The van der Waals surface area contributed by atoms with Crippen molar-refractivity contribution >= 4 is 27.6 Å². The van der Waals surface area contributed by atoms with E-state index >= 15 is 0 Å². The second-order valence-electron chi connectivity index (χ2n) is 5.03. The maximum absolute atomic E-state index is 12.0. The Hall–Kier alpha value is -2.40. The lowest BCUT2D eigenvalue weighted by Gasteiger charge is -2.07. The van der Waals surface area contributed by atoms with Crippen molar-refractivity contribution in [3.05, 3.63) is 64.7 Å². The molecule has 130 valence electrons. The fourth-order valence-corrected chi connectivity index (χ4v) is 3.07. The van der Waals surface area contributed by atoms with Crippen molar-refractivity contribution in [3.8, 4) is 6.07 Å². The second kappa shape index (κ2) is 8.62. The van der Waals surface area contributed by atoms with Gasteiger partial charge in [-0.05, 0) is 42.0 Å². The zero-order valence-electron chi connectivity index (χ0n) is 13.1. The first-order valence-electron chi connectivity index (χ1n) is 7.30. The first-order chi connectivity index (χ1) is 11.9. The van der Waals surface area contributed by atoms with E-state index in [-0.39, 0.29) is 30.0 Å². The summed E-state index contributed by atoms with van der Waals surface area (Å²) in [7, 11) is -3.70. The van der Waals surface area contributed by atoms with Crippen LogP contribution in [0.2, 0.25) is 5.02 Å². The summed E-state index contributed by atoms with van der Waals surface area (Å²) in [6, 6.07) is 14.1. The Balaban J connectivity index is 1.97. The Morgan fingerprint density at radius 3 is 2.36 bits per heavy atom. The minimum atomic E-state index is -3.70. The lowest BCUT2D eigenvalue weighted by atomic mass is 10.2. The molecule has 2 rings (SSSR count). The number of hydrogen-bond acceptors (Lipinski definition) is 5. The molecule has 6 nitrogen and oxygen atoms in total. The molecule has 0 aliphatic heterocycles. The van der Waals surface area contributed by atoms with E-state index < -0.39 is 16.0 Å². The molecule has 1 N–H and O–H groups in total. The van der Waals surface area contributed by atoms with Crippen molar-refractivity contribution in [3.63, 3.8) is 0 Å². The summed E-state index contributed by atoms with van der Waals surface area (Å²) >= 11 is 5.78. The molecule has 0 atom stereocenters. The fourth-order valence-electron chi connectivity index (χ4n) is 1.91. The van der Waals surface area contributed by atoms with Crippen LogP contribution in [-0.4, -0.2) is 20.9 Å². The van der Waals surface area contributed by atoms with Crippen LogP contribution >= 0.6 is 11.6 Å². The summed E-state index contributed by atoms with van der Waals surface area (Å²) in [5, 5.41) is 9.03. The number of halogens is 1. The summed E-state index contributed by atoms with van der Waals surface area (Å²) in [5.41, 5.74) is 1.03. The molecule has 0 aliphatic rings. The van der Waals surface area contributed by atoms with Crippen LogP contribution in [0, 0.1) is 11.3 Å². The van der Waals surface area contributed by atoms with Crippen LogP contribution in [0.15, 0.2) is 53.4 Å². The summed E-state index contributed by atoms with van der Waals surface area (Å²) in [4.78, 5) is 12.0. The minimum absolute atomic E-state index is 0.0136. The zero-order valence-corrected chi connectivity index (χ0v) is 14.7. The summed E-state index contributed by atoms with van der Waals surface area (Å²) < 4.78 is 31.4. The highest BCUT2D eigenvalue weighted by Crippen LogP contribution is 2.14. The Bertz CT molecular complexity index is 872. The molecule has 0 spiro atoms. The standard InChI is InChI=1S/C17H15ClN2O4S/c18-15-6-2-13(3-7-15)12-24-17(21)14-4-8-16(9-5-14)25(22,23)20-11-1-10-19/h2-9,20H,1,11-12H2. The van der Waals surface area contributed by atoms with Gasteiger partial charge in [-0.2, -0.15) is 5.26 Å². The third-order valence-corrected chi connectivity index (χ3v) is 4.94. The Morgan fingerprint density at radius 1 is 1.12 bits per heavy atom. The molecule has 0 heterocycles. The highest BCUT2D eigenvalue weighted by Gasteiger charge is 2.15. The van der Waals surface area contributed by atoms with Crippen LogP contribution in [0.5, 0.6) is 0 Å². The number of esters is 1. The number of hydrogen-bond donors (Lipinski definition) is 1. The van der Waals surface area contributed by atoms with Crippen molar-refractivity contribution < 1.29 is 17.9 Å². The molecule has 0 unspecified atom stereocenters. The smallest absolute Gasteiger partial charge is 0.338 e. The number of rotatable bonds is 7. The van der Waals surface area contributed by atoms with Crippen LogP contribution < -0.4 is 4.72 Å². The number of sulfonamides is 1. The lowest BCUT2D eigenvalue weighted by molar-refractivity contribution is 0.0472. The van der Waals surface area contributed by atoms with E-state index in [9.17, 15) is 13.2 Å². The van der Waals surface area contributed by atoms with E-state index in [4.69, 9.17) is 21.6 Å². The van der Waals surface area contributed by atoms with Crippen LogP contribution in [-0.2, 0) is 21.4 Å². The average molecular weight is 379 g/mol. The van der Waals surface area contributed by atoms with E-state index in [1.807, 2.05) is 6.07 Å². The van der Waals surface area contributed by atoms with Gasteiger partial charge in [0, 0.05) is 18.0 Å². The monoisotopic (exact) mass is 378 g/mol. The van der Waals surface area contributed by atoms with Crippen molar-refractivity contribution in [1.82, 2.24) is 4.72 Å². The number of carbonyl (C=O) groups is 1. The van der Waals surface area contributed by atoms with E-state index in [0.717, 1.165) is 5.56 Å². The predicted octanol–water partition coefficient (Wildman–Crippen LogP) is 2.89. The molecule has 0 bridgehead atoms. The molecule has 2 aromatic carbocycles. The van der Waals surface area contributed by atoms with Gasteiger partial charge in [-0.15, -0.1) is 0 Å². The van der Waals surface area contributed by atoms with Crippen LogP contribution in [0.25, 0.3) is 0 Å². The third-order valence-electron chi connectivity index (χ3n) is 3.21. The number of nitrogens with zero attached hydrogens (tertiary/aromatic N) is 1. The maximum Gasteiger partial charge on any atom is 0.338 e. The normalized spacial score (nSPS) is 10.9. The van der Waals surface area contributed by atoms with Gasteiger partial charge < -0.3 is 4.74 Å². The van der Waals surface area contributed by atoms with E-state index in [1.165, 1.54) is 24.3 Å². The maximum atomic E-state index is 12.0. The summed E-state index contributed by atoms with van der Waals surface area (Å²) in [6.45, 7) is 0.121. The SMILES string of the molecule is N#CCCNS(=O)(=O)c1ccc(C(=O)OCc2ccc(Cl)cc2)cc1. The molecular formula is C17H15ClN2O4S. The fraction of sp³-hybridized carbons (Fsp3) is 0.176. The zero-order chi connectivity index (χ0) is 18.3. The van der Waals surface area contributed by atoms with Gasteiger partial charge in [-0.25, -0.2) is 17.9 Å². The molecule has 25 heavy (non-hydrogen) atoms. The van der Waals surface area contributed by atoms with Crippen molar-refractivity contribution in [2.45, 2.75) is 17.9 Å². The van der Waals surface area contributed by atoms with Gasteiger partial charge in [0.25, 0.3) is 0 Å². The first kappa shape index (κ1) is 18.9. The van der Waals surface area contributed by atoms with E-state index in [1.54, 1.807) is 24.3 Å². The Kier molecular flexibility index (Phi) is 6.53. The largest absolute Gasteiger partial charge is 0.457 e. The van der Waals surface area contributed by atoms with Crippen molar-refractivity contribution in [1.29, 1.82) is 5.26 Å². The summed E-state index contributed by atoms with van der Waals surface area (Å²) in [6.07, 6.45) is 0.0777. The number of ether oxygens (including phenoxy) is 1. The number of nitrogens with one attached hydrogen (secondary N) is 1. The molecular weight excluding hydrogens is 364 g/mol. The van der Waals surface area contributed by atoms with Gasteiger partial charge >= 0.3 is 5.97 Å². The lowest BCUT2D eigenvalue weighted by Crippen LogP contribution is -2.24.